The van der Waals surface area contributed by atoms with Crippen molar-refractivity contribution in [3.8, 4) is 5.75 Å². The number of anilines is 1. The number of carbonyl (C=O) groups is 1. The molecule has 0 aliphatic carbocycles. The summed E-state index contributed by atoms with van der Waals surface area (Å²) in [6.07, 6.45) is 3.47. The van der Waals surface area contributed by atoms with Gasteiger partial charge in [0.05, 0.1) is 0 Å². The van der Waals surface area contributed by atoms with Crippen LogP contribution in [0.4, 0.5) is 14.5 Å². The fourth-order valence-electron chi connectivity index (χ4n) is 2.59. The molecule has 3 rings (SSSR count). The van der Waals surface area contributed by atoms with Gasteiger partial charge in [-0.15, -0.1) is 0 Å². The van der Waals surface area contributed by atoms with E-state index in [1.54, 1.807) is 17.3 Å². The lowest BCUT2D eigenvalue weighted by Gasteiger charge is -2.36. The second kappa shape index (κ2) is 7.25. The van der Waals surface area contributed by atoms with Crippen molar-refractivity contribution in [2.45, 2.75) is 0 Å². The third-order valence-corrected chi connectivity index (χ3v) is 3.91. The van der Waals surface area contributed by atoms with Gasteiger partial charge in [0, 0.05) is 50.3 Å². The van der Waals surface area contributed by atoms with Crippen LogP contribution in [-0.2, 0) is 4.79 Å². The molecule has 1 saturated heterocycles. The molecule has 1 aromatic heterocycles. The van der Waals surface area contributed by atoms with E-state index in [1.807, 2.05) is 12.1 Å². The Labute approximate surface area is 138 Å². The summed E-state index contributed by atoms with van der Waals surface area (Å²) < 4.78 is 31.5. The number of benzene rings is 1. The molecule has 126 valence electrons. The topological polar surface area (TPSA) is 45.7 Å². The average molecular weight is 333 g/mol. The molecule has 5 nitrogen and oxygen atoms in total. The van der Waals surface area contributed by atoms with Crippen molar-refractivity contribution in [3.05, 3.63) is 54.4 Å². The van der Waals surface area contributed by atoms with Gasteiger partial charge in [0.1, 0.15) is 5.82 Å². The van der Waals surface area contributed by atoms with E-state index in [0.29, 0.717) is 26.2 Å². The molecule has 0 spiro atoms. The molecule has 1 fully saturated rings. The third kappa shape index (κ3) is 3.79. The predicted octanol–water partition coefficient (Wildman–Crippen LogP) is 2.09. The van der Waals surface area contributed by atoms with Gasteiger partial charge in [-0.2, -0.15) is 0 Å². The van der Waals surface area contributed by atoms with E-state index >= 15 is 0 Å². The molecular weight excluding hydrogens is 316 g/mol. The summed E-state index contributed by atoms with van der Waals surface area (Å²) in [5.41, 5.74) is 1.07. The molecule has 0 atom stereocenters. The number of pyridine rings is 1. The average Bonchev–Trinajstić information content (AvgIpc) is 2.62. The first-order chi connectivity index (χ1) is 11.6. The molecule has 1 aliphatic heterocycles. The Bertz CT molecular complexity index is 704. The number of piperazine rings is 1. The van der Waals surface area contributed by atoms with E-state index in [1.165, 1.54) is 6.07 Å². The molecule has 1 aromatic carbocycles. The highest BCUT2D eigenvalue weighted by Gasteiger charge is 2.21. The van der Waals surface area contributed by atoms with Gasteiger partial charge in [0.25, 0.3) is 5.91 Å². The zero-order valence-electron chi connectivity index (χ0n) is 13.0. The van der Waals surface area contributed by atoms with Crippen molar-refractivity contribution in [3.63, 3.8) is 0 Å². The van der Waals surface area contributed by atoms with Gasteiger partial charge in [-0.1, -0.05) is 0 Å². The maximum atomic E-state index is 13.5. The number of aromatic nitrogens is 1. The van der Waals surface area contributed by atoms with Crippen LogP contribution in [0, 0.1) is 11.6 Å². The van der Waals surface area contributed by atoms with Crippen molar-refractivity contribution in [1.29, 1.82) is 0 Å². The third-order valence-electron chi connectivity index (χ3n) is 3.91. The van der Waals surface area contributed by atoms with E-state index in [9.17, 15) is 13.6 Å². The molecule has 2 aromatic rings. The molecular formula is C17H17F2N3O2. The fraction of sp³-hybridized carbons (Fsp3) is 0.294. The highest BCUT2D eigenvalue weighted by atomic mass is 19.1. The van der Waals surface area contributed by atoms with E-state index < -0.39 is 11.6 Å². The van der Waals surface area contributed by atoms with Crippen LogP contribution in [0.2, 0.25) is 0 Å². The molecule has 1 amide bonds. The van der Waals surface area contributed by atoms with Crippen LogP contribution < -0.4 is 9.64 Å². The lowest BCUT2D eigenvalue weighted by atomic mass is 10.2. The van der Waals surface area contributed by atoms with Gasteiger partial charge in [0.2, 0.25) is 0 Å². The molecule has 2 heterocycles. The van der Waals surface area contributed by atoms with E-state index in [-0.39, 0.29) is 18.3 Å². The highest BCUT2D eigenvalue weighted by molar-refractivity contribution is 5.78. The molecule has 0 N–H and O–H groups in total. The Morgan fingerprint density at radius 3 is 2.46 bits per heavy atom. The molecule has 0 unspecified atom stereocenters. The number of rotatable bonds is 4. The minimum absolute atomic E-state index is 0.125. The SMILES string of the molecule is O=C(COc1ccc(F)cc1F)N1CCN(c2ccncc2)CC1. The van der Waals surface area contributed by atoms with Crippen LogP contribution in [0.15, 0.2) is 42.7 Å². The summed E-state index contributed by atoms with van der Waals surface area (Å²) in [6, 6.07) is 6.86. The number of ether oxygens (including phenoxy) is 1. The molecule has 7 heteroatoms. The number of halogens is 2. The molecule has 1 aliphatic rings. The standard InChI is InChI=1S/C17H17F2N3O2/c18-13-1-2-16(15(19)11-13)24-12-17(23)22-9-7-21(8-10-22)14-3-5-20-6-4-14/h1-6,11H,7-10,12H2. The Hall–Kier alpha value is -2.70. The number of carbonyl (C=O) groups excluding carboxylic acids is 1. The minimum Gasteiger partial charge on any atom is -0.481 e. The van der Waals surface area contributed by atoms with Gasteiger partial charge in [-0.05, 0) is 24.3 Å². The number of nitrogens with zero attached hydrogens (tertiary/aromatic N) is 3. The van der Waals surface area contributed by atoms with Gasteiger partial charge >= 0.3 is 0 Å². The first kappa shape index (κ1) is 16.2. The fourth-order valence-corrected chi connectivity index (χ4v) is 2.59. The van der Waals surface area contributed by atoms with Gasteiger partial charge < -0.3 is 14.5 Å². The van der Waals surface area contributed by atoms with Gasteiger partial charge in [-0.3, -0.25) is 9.78 Å². The normalized spacial score (nSPS) is 14.6. The zero-order valence-corrected chi connectivity index (χ0v) is 13.0. The maximum Gasteiger partial charge on any atom is 0.260 e. The summed E-state index contributed by atoms with van der Waals surface area (Å²) in [5, 5.41) is 0. The van der Waals surface area contributed by atoms with Gasteiger partial charge in [-0.25, -0.2) is 8.78 Å². The van der Waals surface area contributed by atoms with Crippen LogP contribution in [0.5, 0.6) is 5.75 Å². The Balaban J connectivity index is 1.50. The number of hydrogen-bond donors (Lipinski definition) is 0. The maximum absolute atomic E-state index is 13.5. The minimum atomic E-state index is -0.815. The lowest BCUT2D eigenvalue weighted by molar-refractivity contribution is -0.133. The monoisotopic (exact) mass is 333 g/mol. The molecule has 0 saturated carbocycles. The summed E-state index contributed by atoms with van der Waals surface area (Å²) in [5.74, 6) is -1.84. The van der Waals surface area contributed by atoms with E-state index in [0.717, 1.165) is 17.8 Å². The number of hydrogen-bond acceptors (Lipinski definition) is 4. The van der Waals surface area contributed by atoms with Crippen LogP contribution in [-0.4, -0.2) is 48.6 Å². The van der Waals surface area contributed by atoms with E-state index in [4.69, 9.17) is 4.74 Å². The molecule has 0 bridgehead atoms. The first-order valence-corrected chi connectivity index (χ1v) is 7.64. The predicted molar refractivity (Wildman–Crippen MR) is 84.9 cm³/mol. The van der Waals surface area contributed by atoms with Crippen molar-refractivity contribution in [2.24, 2.45) is 0 Å². The van der Waals surface area contributed by atoms with Crippen molar-refractivity contribution in [1.82, 2.24) is 9.88 Å². The van der Waals surface area contributed by atoms with Crippen molar-refractivity contribution in [2.75, 3.05) is 37.7 Å². The molecule has 0 radical (unpaired) electrons. The summed E-state index contributed by atoms with van der Waals surface area (Å²) in [7, 11) is 0. The Morgan fingerprint density at radius 2 is 1.79 bits per heavy atom. The zero-order chi connectivity index (χ0) is 16.9. The van der Waals surface area contributed by atoms with Crippen LogP contribution in [0.1, 0.15) is 0 Å². The van der Waals surface area contributed by atoms with Crippen LogP contribution in [0.25, 0.3) is 0 Å². The Morgan fingerprint density at radius 1 is 1.08 bits per heavy atom. The second-order valence-electron chi connectivity index (χ2n) is 5.44. The summed E-state index contributed by atoms with van der Waals surface area (Å²) >= 11 is 0. The summed E-state index contributed by atoms with van der Waals surface area (Å²) in [6.45, 7) is 2.28. The van der Waals surface area contributed by atoms with Crippen molar-refractivity contribution < 1.29 is 18.3 Å². The quantitative estimate of drug-likeness (QED) is 0.859. The molecule has 24 heavy (non-hydrogen) atoms. The largest absolute Gasteiger partial charge is 0.481 e. The second-order valence-corrected chi connectivity index (χ2v) is 5.44. The smallest absolute Gasteiger partial charge is 0.260 e. The van der Waals surface area contributed by atoms with Gasteiger partial charge in [0.15, 0.2) is 18.2 Å². The van der Waals surface area contributed by atoms with Crippen molar-refractivity contribution >= 4 is 11.6 Å². The lowest BCUT2D eigenvalue weighted by Crippen LogP contribution is -2.50. The highest BCUT2D eigenvalue weighted by Crippen LogP contribution is 2.18. The Kier molecular flexibility index (Phi) is 4.88. The van der Waals surface area contributed by atoms with E-state index in [2.05, 4.69) is 9.88 Å². The first-order valence-electron chi connectivity index (χ1n) is 7.64. The van der Waals surface area contributed by atoms with Crippen LogP contribution >= 0.6 is 0 Å². The summed E-state index contributed by atoms with van der Waals surface area (Å²) in [4.78, 5) is 20.0. The number of amides is 1. The van der Waals surface area contributed by atoms with Crippen LogP contribution in [0.3, 0.4) is 0 Å².